The van der Waals surface area contributed by atoms with Crippen LogP contribution in [0.1, 0.15) is 42.1 Å². The number of unbranched alkanes of at least 4 members (excludes halogenated alkanes) is 2. The van der Waals surface area contributed by atoms with E-state index in [9.17, 15) is 9.90 Å². The Morgan fingerprint density at radius 2 is 2.10 bits per heavy atom. The van der Waals surface area contributed by atoms with Gasteiger partial charge in [0.25, 0.3) is 0 Å². The average molecular weight is 298 g/mol. The molecule has 0 radical (unpaired) electrons. The molecule has 5 heteroatoms. The van der Waals surface area contributed by atoms with E-state index in [1.165, 1.54) is 0 Å². The number of aromatic carboxylic acids is 1. The van der Waals surface area contributed by atoms with Gasteiger partial charge in [0.05, 0.1) is 19.3 Å². The molecule has 0 atom stereocenters. The number of carboxylic acids is 1. The molecular formula is C15H22O4S. The van der Waals surface area contributed by atoms with Crippen molar-refractivity contribution in [3.05, 3.63) is 23.3 Å². The summed E-state index contributed by atoms with van der Waals surface area (Å²) < 4.78 is 11.1. The molecule has 1 aromatic rings. The molecule has 0 aliphatic heterocycles. The van der Waals surface area contributed by atoms with Gasteiger partial charge in [-0.15, -0.1) is 0 Å². The molecule has 0 fully saturated rings. The van der Waals surface area contributed by atoms with Crippen LogP contribution in [0, 0.1) is 0 Å². The van der Waals surface area contributed by atoms with Gasteiger partial charge in [-0.3, -0.25) is 0 Å². The third-order valence-corrected chi connectivity index (χ3v) is 3.54. The van der Waals surface area contributed by atoms with E-state index in [0.717, 1.165) is 19.3 Å². The molecule has 0 amide bonds. The molecule has 1 N–H and O–H groups in total. The second-order valence-electron chi connectivity index (χ2n) is 4.42. The summed E-state index contributed by atoms with van der Waals surface area (Å²) in [5, 5.41) is 9.28. The standard InChI is InChI=1S/C15H22O4S/c1-4-5-6-9-19-14-12(10-20-3)11(15(16)17)7-8-13(14)18-2/h7-8H,4-6,9-10H2,1-3H3,(H,16,17). The van der Waals surface area contributed by atoms with E-state index in [2.05, 4.69) is 6.92 Å². The van der Waals surface area contributed by atoms with E-state index < -0.39 is 5.97 Å². The number of hydrogen-bond acceptors (Lipinski definition) is 4. The number of rotatable bonds is 9. The summed E-state index contributed by atoms with van der Waals surface area (Å²) in [6.45, 7) is 2.71. The van der Waals surface area contributed by atoms with Crippen molar-refractivity contribution in [2.24, 2.45) is 0 Å². The first kappa shape index (κ1) is 16.7. The Labute approximate surface area is 124 Å². The van der Waals surface area contributed by atoms with Crippen LogP contribution in [0.4, 0.5) is 0 Å². The third kappa shape index (κ3) is 4.34. The van der Waals surface area contributed by atoms with Crippen molar-refractivity contribution in [1.82, 2.24) is 0 Å². The minimum absolute atomic E-state index is 0.283. The SMILES string of the molecule is CCCCCOc1c(OC)ccc(C(=O)O)c1CSC. The molecule has 0 saturated carbocycles. The molecule has 0 bridgehead atoms. The molecule has 0 spiro atoms. The Kier molecular flexibility index (Phi) is 7.30. The molecule has 0 saturated heterocycles. The van der Waals surface area contributed by atoms with E-state index in [1.54, 1.807) is 31.0 Å². The highest BCUT2D eigenvalue weighted by Crippen LogP contribution is 2.36. The molecule has 0 heterocycles. The lowest BCUT2D eigenvalue weighted by molar-refractivity contribution is 0.0695. The molecule has 0 aliphatic carbocycles. The number of carboxylic acid groups (broad SMARTS) is 1. The lowest BCUT2D eigenvalue weighted by Gasteiger charge is -2.16. The van der Waals surface area contributed by atoms with Gasteiger partial charge < -0.3 is 14.6 Å². The lowest BCUT2D eigenvalue weighted by atomic mass is 10.1. The molecule has 112 valence electrons. The summed E-state index contributed by atoms with van der Waals surface area (Å²) in [5.74, 6) is 0.811. The van der Waals surface area contributed by atoms with Crippen molar-refractivity contribution >= 4 is 17.7 Å². The van der Waals surface area contributed by atoms with Crippen LogP contribution in [-0.2, 0) is 5.75 Å². The fourth-order valence-electron chi connectivity index (χ4n) is 1.94. The molecule has 1 aromatic carbocycles. The van der Waals surface area contributed by atoms with E-state index in [0.29, 0.717) is 29.4 Å². The number of hydrogen-bond donors (Lipinski definition) is 1. The molecule has 20 heavy (non-hydrogen) atoms. The van der Waals surface area contributed by atoms with Gasteiger partial charge in [-0.2, -0.15) is 11.8 Å². The van der Waals surface area contributed by atoms with Crippen molar-refractivity contribution in [3.63, 3.8) is 0 Å². The monoisotopic (exact) mass is 298 g/mol. The molecular weight excluding hydrogens is 276 g/mol. The zero-order valence-electron chi connectivity index (χ0n) is 12.3. The Morgan fingerprint density at radius 1 is 1.35 bits per heavy atom. The number of methoxy groups -OCH3 is 1. The second-order valence-corrected chi connectivity index (χ2v) is 5.28. The summed E-state index contributed by atoms with van der Waals surface area (Å²) in [5.41, 5.74) is 0.978. The number of ether oxygens (including phenoxy) is 2. The van der Waals surface area contributed by atoms with E-state index in [-0.39, 0.29) is 5.56 Å². The van der Waals surface area contributed by atoms with Crippen molar-refractivity contribution in [2.45, 2.75) is 31.9 Å². The lowest BCUT2D eigenvalue weighted by Crippen LogP contribution is -2.08. The summed E-state index contributed by atoms with van der Waals surface area (Å²) >= 11 is 1.56. The maximum Gasteiger partial charge on any atom is 0.336 e. The maximum atomic E-state index is 11.3. The van der Waals surface area contributed by atoms with Crippen molar-refractivity contribution in [3.8, 4) is 11.5 Å². The first-order valence-corrected chi connectivity index (χ1v) is 8.10. The third-order valence-electron chi connectivity index (χ3n) is 2.96. The zero-order valence-corrected chi connectivity index (χ0v) is 13.1. The van der Waals surface area contributed by atoms with Crippen LogP contribution in [0.2, 0.25) is 0 Å². The average Bonchev–Trinajstić information content (AvgIpc) is 2.44. The largest absolute Gasteiger partial charge is 0.493 e. The minimum Gasteiger partial charge on any atom is -0.493 e. The molecule has 0 aromatic heterocycles. The predicted molar refractivity (Wildman–Crippen MR) is 82.2 cm³/mol. The fourth-order valence-corrected chi connectivity index (χ4v) is 2.51. The highest BCUT2D eigenvalue weighted by Gasteiger charge is 2.19. The quantitative estimate of drug-likeness (QED) is 0.702. The van der Waals surface area contributed by atoms with Gasteiger partial charge in [0.1, 0.15) is 0 Å². The van der Waals surface area contributed by atoms with Gasteiger partial charge in [0.15, 0.2) is 11.5 Å². The van der Waals surface area contributed by atoms with Gasteiger partial charge in [-0.25, -0.2) is 4.79 Å². The Balaban J connectivity index is 3.07. The molecule has 0 unspecified atom stereocenters. The van der Waals surface area contributed by atoms with Gasteiger partial charge in [-0.1, -0.05) is 19.8 Å². The van der Waals surface area contributed by atoms with Crippen LogP contribution in [0.3, 0.4) is 0 Å². The van der Waals surface area contributed by atoms with Gasteiger partial charge >= 0.3 is 5.97 Å². The second kappa shape index (κ2) is 8.74. The number of benzene rings is 1. The summed E-state index contributed by atoms with van der Waals surface area (Å²) in [7, 11) is 1.57. The van der Waals surface area contributed by atoms with Crippen LogP contribution in [0.15, 0.2) is 12.1 Å². The summed E-state index contributed by atoms with van der Waals surface area (Å²) in [6, 6.07) is 3.23. The molecule has 4 nitrogen and oxygen atoms in total. The Bertz CT molecular complexity index is 446. The van der Waals surface area contributed by atoms with Crippen LogP contribution in [0.25, 0.3) is 0 Å². The smallest absolute Gasteiger partial charge is 0.336 e. The van der Waals surface area contributed by atoms with E-state index in [4.69, 9.17) is 9.47 Å². The van der Waals surface area contributed by atoms with Gasteiger partial charge in [0.2, 0.25) is 0 Å². The zero-order chi connectivity index (χ0) is 15.0. The first-order valence-electron chi connectivity index (χ1n) is 6.70. The van der Waals surface area contributed by atoms with Gasteiger partial charge in [0, 0.05) is 11.3 Å². The predicted octanol–water partition coefficient (Wildman–Crippen LogP) is 3.83. The molecule has 1 rings (SSSR count). The Hall–Kier alpha value is -1.36. The van der Waals surface area contributed by atoms with Gasteiger partial charge in [-0.05, 0) is 24.8 Å². The van der Waals surface area contributed by atoms with Crippen LogP contribution in [-0.4, -0.2) is 31.0 Å². The topological polar surface area (TPSA) is 55.8 Å². The van der Waals surface area contributed by atoms with E-state index >= 15 is 0 Å². The number of carbonyl (C=O) groups is 1. The van der Waals surface area contributed by atoms with E-state index in [1.807, 2.05) is 6.26 Å². The van der Waals surface area contributed by atoms with Crippen molar-refractivity contribution < 1.29 is 19.4 Å². The van der Waals surface area contributed by atoms with Crippen LogP contribution in [0.5, 0.6) is 11.5 Å². The summed E-state index contributed by atoms with van der Waals surface area (Å²) in [4.78, 5) is 11.3. The highest BCUT2D eigenvalue weighted by atomic mass is 32.2. The highest BCUT2D eigenvalue weighted by molar-refractivity contribution is 7.97. The summed E-state index contributed by atoms with van der Waals surface area (Å²) in [6.07, 6.45) is 5.10. The fraction of sp³-hybridized carbons (Fsp3) is 0.533. The minimum atomic E-state index is -0.935. The van der Waals surface area contributed by atoms with Crippen molar-refractivity contribution in [1.29, 1.82) is 0 Å². The Morgan fingerprint density at radius 3 is 2.65 bits per heavy atom. The van der Waals surface area contributed by atoms with Crippen LogP contribution >= 0.6 is 11.8 Å². The maximum absolute atomic E-state index is 11.3. The molecule has 0 aliphatic rings. The van der Waals surface area contributed by atoms with Crippen molar-refractivity contribution in [2.75, 3.05) is 20.0 Å². The normalized spacial score (nSPS) is 10.3. The first-order chi connectivity index (χ1) is 9.65. The van der Waals surface area contributed by atoms with Crippen LogP contribution < -0.4 is 9.47 Å². The number of thioether (sulfide) groups is 1.